The summed E-state index contributed by atoms with van der Waals surface area (Å²) >= 11 is 5.65. The summed E-state index contributed by atoms with van der Waals surface area (Å²) in [7, 11) is 0. The number of rotatable bonds is 3. The molecule has 19 heavy (non-hydrogen) atoms. The Morgan fingerprint density at radius 1 is 1.05 bits per heavy atom. The zero-order valence-corrected chi connectivity index (χ0v) is 10.5. The van der Waals surface area contributed by atoms with Gasteiger partial charge in [-0.3, -0.25) is 4.79 Å². The molecule has 1 amide bonds. The van der Waals surface area contributed by atoms with Crippen molar-refractivity contribution < 1.29 is 13.6 Å². The molecular weight excluding hydrogens is 272 g/mol. The largest absolute Gasteiger partial charge is 0.322 e. The van der Waals surface area contributed by atoms with Crippen LogP contribution >= 0.6 is 11.6 Å². The van der Waals surface area contributed by atoms with Crippen molar-refractivity contribution in [1.82, 2.24) is 0 Å². The highest BCUT2D eigenvalue weighted by molar-refractivity contribution is 6.17. The molecule has 2 nitrogen and oxygen atoms in total. The zero-order chi connectivity index (χ0) is 13.8. The summed E-state index contributed by atoms with van der Waals surface area (Å²) in [6, 6.07) is 9.53. The van der Waals surface area contributed by atoms with Crippen LogP contribution in [0.5, 0.6) is 0 Å². The lowest BCUT2D eigenvalue weighted by Gasteiger charge is -2.06. The second-order valence-electron chi connectivity index (χ2n) is 3.94. The van der Waals surface area contributed by atoms with Crippen molar-refractivity contribution in [2.24, 2.45) is 0 Å². The van der Waals surface area contributed by atoms with Crippen molar-refractivity contribution in [3.8, 4) is 0 Å². The number of carbonyl (C=O) groups is 1. The van der Waals surface area contributed by atoms with Crippen molar-refractivity contribution in [2.75, 3.05) is 5.32 Å². The molecule has 0 aromatic heterocycles. The first kappa shape index (κ1) is 13.5. The summed E-state index contributed by atoms with van der Waals surface area (Å²) in [4.78, 5) is 11.8. The number of benzene rings is 2. The summed E-state index contributed by atoms with van der Waals surface area (Å²) in [6.45, 7) is 0. The zero-order valence-electron chi connectivity index (χ0n) is 9.79. The van der Waals surface area contributed by atoms with Crippen LogP contribution in [0, 0.1) is 11.6 Å². The number of anilines is 1. The Labute approximate surface area is 114 Å². The highest BCUT2D eigenvalue weighted by Gasteiger charge is 2.09. The lowest BCUT2D eigenvalue weighted by molar-refractivity contribution is 0.102. The van der Waals surface area contributed by atoms with Crippen LogP contribution in [0.2, 0.25) is 0 Å². The van der Waals surface area contributed by atoms with Gasteiger partial charge in [0, 0.05) is 23.2 Å². The monoisotopic (exact) mass is 281 g/mol. The van der Waals surface area contributed by atoms with Crippen molar-refractivity contribution >= 4 is 23.2 Å². The van der Waals surface area contributed by atoms with Gasteiger partial charge in [0.1, 0.15) is 11.6 Å². The molecule has 98 valence electrons. The topological polar surface area (TPSA) is 29.1 Å². The first-order valence-electron chi connectivity index (χ1n) is 5.51. The Balaban J connectivity index is 2.15. The minimum atomic E-state index is -0.789. The molecule has 0 aliphatic rings. The van der Waals surface area contributed by atoms with E-state index in [9.17, 15) is 13.6 Å². The fourth-order valence-corrected chi connectivity index (χ4v) is 1.74. The molecule has 0 saturated heterocycles. The van der Waals surface area contributed by atoms with Crippen molar-refractivity contribution in [3.05, 3.63) is 65.2 Å². The van der Waals surface area contributed by atoms with Gasteiger partial charge in [0.15, 0.2) is 0 Å². The fourth-order valence-electron chi connectivity index (χ4n) is 1.57. The smallest absolute Gasteiger partial charge is 0.255 e. The number of hydrogen-bond donors (Lipinski definition) is 1. The van der Waals surface area contributed by atoms with Crippen LogP contribution in [0.1, 0.15) is 15.9 Å². The first-order chi connectivity index (χ1) is 9.08. The van der Waals surface area contributed by atoms with E-state index in [1.54, 1.807) is 24.3 Å². The van der Waals surface area contributed by atoms with Gasteiger partial charge in [-0.2, -0.15) is 0 Å². The van der Waals surface area contributed by atoms with E-state index in [1.165, 1.54) is 0 Å². The van der Waals surface area contributed by atoms with Gasteiger partial charge in [0.25, 0.3) is 5.91 Å². The summed E-state index contributed by atoms with van der Waals surface area (Å²) in [5.41, 5.74) is 1.37. The summed E-state index contributed by atoms with van der Waals surface area (Å²) in [5.74, 6) is -1.77. The summed E-state index contributed by atoms with van der Waals surface area (Å²) in [6.07, 6.45) is 0. The van der Waals surface area contributed by atoms with E-state index < -0.39 is 17.5 Å². The van der Waals surface area contributed by atoms with Crippen molar-refractivity contribution in [1.29, 1.82) is 0 Å². The maximum Gasteiger partial charge on any atom is 0.255 e. The number of amides is 1. The van der Waals surface area contributed by atoms with E-state index in [2.05, 4.69) is 5.32 Å². The van der Waals surface area contributed by atoms with E-state index in [0.717, 1.165) is 17.7 Å². The van der Waals surface area contributed by atoms with Gasteiger partial charge >= 0.3 is 0 Å². The minimum absolute atomic E-state index is 0.0704. The molecule has 0 spiro atoms. The number of nitrogens with one attached hydrogen (secondary N) is 1. The molecule has 5 heteroatoms. The number of carbonyl (C=O) groups excluding carboxylic acids is 1. The maximum absolute atomic E-state index is 13.0. The molecule has 0 atom stereocenters. The minimum Gasteiger partial charge on any atom is -0.322 e. The van der Waals surface area contributed by atoms with E-state index >= 15 is 0 Å². The maximum atomic E-state index is 13.0. The van der Waals surface area contributed by atoms with Crippen LogP contribution in [0.3, 0.4) is 0 Å². The fraction of sp³-hybridized carbons (Fsp3) is 0.0714. The molecular formula is C14H10ClF2NO. The van der Waals surface area contributed by atoms with Gasteiger partial charge in [-0.15, -0.1) is 11.6 Å². The molecule has 0 aliphatic carbocycles. The molecule has 2 aromatic rings. The average molecular weight is 282 g/mol. The van der Waals surface area contributed by atoms with Crippen LogP contribution in [-0.2, 0) is 5.88 Å². The SMILES string of the molecule is O=C(Nc1ccc(CCl)cc1)c1cc(F)cc(F)c1. The molecule has 0 saturated carbocycles. The predicted octanol–water partition coefficient (Wildman–Crippen LogP) is 3.96. The third-order valence-corrected chi connectivity index (χ3v) is 2.80. The van der Waals surface area contributed by atoms with E-state index in [-0.39, 0.29) is 5.56 Å². The summed E-state index contributed by atoms with van der Waals surface area (Å²) in [5, 5.41) is 2.55. The van der Waals surface area contributed by atoms with Gasteiger partial charge in [0.2, 0.25) is 0 Å². The number of hydrogen-bond acceptors (Lipinski definition) is 1. The Bertz CT molecular complexity index is 579. The van der Waals surface area contributed by atoms with E-state index in [1.807, 2.05) is 0 Å². The molecule has 0 unspecified atom stereocenters. The first-order valence-corrected chi connectivity index (χ1v) is 6.04. The third kappa shape index (κ3) is 3.51. The summed E-state index contributed by atoms with van der Waals surface area (Å²) < 4.78 is 26.0. The standard InChI is InChI=1S/C14H10ClF2NO/c15-8-9-1-3-13(4-2-9)18-14(19)10-5-11(16)7-12(17)6-10/h1-7H,8H2,(H,18,19). The van der Waals surface area contributed by atoms with Gasteiger partial charge in [-0.1, -0.05) is 12.1 Å². The van der Waals surface area contributed by atoms with Crippen LogP contribution in [0.15, 0.2) is 42.5 Å². The van der Waals surface area contributed by atoms with Gasteiger partial charge in [-0.05, 0) is 29.8 Å². The lowest BCUT2D eigenvalue weighted by atomic mass is 10.2. The van der Waals surface area contributed by atoms with E-state index in [4.69, 9.17) is 11.6 Å². The lowest BCUT2D eigenvalue weighted by Crippen LogP contribution is -2.12. The number of halogens is 3. The third-order valence-electron chi connectivity index (χ3n) is 2.49. The van der Waals surface area contributed by atoms with Gasteiger partial charge < -0.3 is 5.32 Å². The molecule has 0 aliphatic heterocycles. The Kier molecular flexibility index (Phi) is 4.12. The molecule has 2 aromatic carbocycles. The quantitative estimate of drug-likeness (QED) is 0.848. The van der Waals surface area contributed by atoms with E-state index in [0.29, 0.717) is 17.6 Å². The highest BCUT2D eigenvalue weighted by Crippen LogP contribution is 2.14. The molecule has 0 bridgehead atoms. The highest BCUT2D eigenvalue weighted by atomic mass is 35.5. The second-order valence-corrected chi connectivity index (χ2v) is 4.21. The molecule has 0 fully saturated rings. The van der Waals surface area contributed by atoms with Crippen LogP contribution in [-0.4, -0.2) is 5.91 Å². The predicted molar refractivity (Wildman–Crippen MR) is 70.3 cm³/mol. The molecule has 0 heterocycles. The Morgan fingerprint density at radius 2 is 1.63 bits per heavy atom. The van der Waals surface area contributed by atoms with Gasteiger partial charge in [-0.25, -0.2) is 8.78 Å². The van der Waals surface area contributed by atoms with Crippen LogP contribution in [0.4, 0.5) is 14.5 Å². The number of alkyl halides is 1. The normalized spacial score (nSPS) is 10.3. The van der Waals surface area contributed by atoms with Crippen molar-refractivity contribution in [2.45, 2.75) is 5.88 Å². The average Bonchev–Trinajstić information content (AvgIpc) is 2.38. The van der Waals surface area contributed by atoms with Gasteiger partial charge in [0.05, 0.1) is 0 Å². The van der Waals surface area contributed by atoms with Crippen LogP contribution in [0.25, 0.3) is 0 Å². The Morgan fingerprint density at radius 3 is 2.16 bits per heavy atom. The second kappa shape index (κ2) is 5.80. The Hall–Kier alpha value is -1.94. The molecule has 1 N–H and O–H groups in total. The molecule has 2 rings (SSSR count). The molecule has 0 radical (unpaired) electrons. The van der Waals surface area contributed by atoms with Crippen LogP contribution < -0.4 is 5.32 Å². The van der Waals surface area contributed by atoms with Crippen molar-refractivity contribution in [3.63, 3.8) is 0 Å².